The molecule has 6 unspecified atom stereocenters. The highest BCUT2D eigenvalue weighted by Gasteiger charge is 2.40. The Morgan fingerprint density at radius 2 is 0.841 bits per heavy atom. The van der Waals surface area contributed by atoms with Crippen LogP contribution in [0.3, 0.4) is 0 Å². The Morgan fingerprint density at radius 1 is 0.500 bits per heavy atom. The van der Waals surface area contributed by atoms with Crippen molar-refractivity contribution >= 4 is 69.1 Å². The molecule has 8 heteroatoms. The highest BCUT2D eigenvalue weighted by molar-refractivity contribution is 8.30. The van der Waals surface area contributed by atoms with Gasteiger partial charge >= 0.3 is 0 Å². The quantitative estimate of drug-likeness (QED) is 0.199. The van der Waals surface area contributed by atoms with Crippen LogP contribution < -0.4 is 0 Å². The van der Waals surface area contributed by atoms with Crippen LogP contribution in [-0.4, -0.2) is 19.9 Å². The average molecular weight is 649 g/mol. The summed E-state index contributed by atoms with van der Waals surface area (Å²) in [5.41, 5.74) is 10.0. The van der Waals surface area contributed by atoms with Crippen molar-refractivity contribution in [2.75, 3.05) is 0 Å². The van der Waals surface area contributed by atoms with E-state index in [-0.39, 0.29) is 0 Å². The van der Waals surface area contributed by atoms with E-state index >= 15 is 0 Å². The summed E-state index contributed by atoms with van der Waals surface area (Å²) in [4.78, 5) is 20.7. The molecule has 0 saturated carbocycles. The summed E-state index contributed by atoms with van der Waals surface area (Å²) in [6.45, 7) is 9.49. The van der Waals surface area contributed by atoms with Gasteiger partial charge in [0.25, 0.3) is 0 Å². The normalized spacial score (nSPS) is 30.6. The van der Waals surface area contributed by atoms with Crippen LogP contribution in [0.1, 0.15) is 86.5 Å². The molecule has 0 N–H and O–H groups in total. The molecule has 4 nitrogen and oxygen atoms in total. The van der Waals surface area contributed by atoms with Gasteiger partial charge in [0.15, 0.2) is 0 Å². The largest absolute Gasteiger partial charge is 0.237 e. The van der Waals surface area contributed by atoms with E-state index in [1.807, 2.05) is 0 Å². The van der Waals surface area contributed by atoms with Crippen molar-refractivity contribution in [1.82, 2.24) is 19.9 Å². The smallest absolute Gasteiger partial charge is 0.135 e. The molecule has 4 bridgehead atoms. The number of fused-ring (bicyclic) bond motifs is 6. The molecular weight excluding hydrogens is 617 g/mol. The van der Waals surface area contributed by atoms with Gasteiger partial charge in [-0.15, -0.1) is 0 Å². The summed E-state index contributed by atoms with van der Waals surface area (Å²) in [6.07, 6.45) is 12.3. The molecule has 6 atom stereocenters. The predicted molar refractivity (Wildman–Crippen MR) is 185 cm³/mol. The third-order valence-electron chi connectivity index (χ3n) is 10.8. The molecule has 0 radical (unpaired) electrons. The van der Waals surface area contributed by atoms with E-state index in [2.05, 4.69) is 76.3 Å². The zero-order valence-corrected chi connectivity index (χ0v) is 28.3. The van der Waals surface area contributed by atoms with Gasteiger partial charge in [-0.25, -0.2) is 19.9 Å². The first-order valence-electron chi connectivity index (χ1n) is 15.9. The average Bonchev–Trinajstić information content (AvgIpc) is 3.64. The van der Waals surface area contributed by atoms with Crippen LogP contribution in [0.25, 0.3) is 22.1 Å². The zero-order valence-electron chi connectivity index (χ0n) is 25.1. The molecule has 0 amide bonds. The Balaban J connectivity index is 0.972. The summed E-state index contributed by atoms with van der Waals surface area (Å²) in [6, 6.07) is 9.38. The number of benzene rings is 2. The molecule has 4 aromatic rings. The highest BCUT2D eigenvalue weighted by atomic mass is 32.2. The number of hydrogen-bond donors (Lipinski definition) is 0. The maximum absolute atomic E-state index is 5.18. The number of allylic oxidation sites excluding steroid dienone is 4. The van der Waals surface area contributed by atoms with Gasteiger partial charge in [0, 0.05) is 23.7 Å². The van der Waals surface area contributed by atoms with Gasteiger partial charge in [0.2, 0.25) is 0 Å². The summed E-state index contributed by atoms with van der Waals surface area (Å²) in [7, 11) is 0. The standard InChI is InChI=1S/C36H32N4S4/c1-15(2)21-9-17-5-7-19(21)25-13-29-27(11-23(17)25)37-31-33(39-29)43-35(41-31)36-42-32-34(44-36)40-30-14-26-20-8-6-18(10-22(20)16(3)4)24(26)12-28(30)38-32/h5-8,11-22H,9-10H2,1-4H3. The summed E-state index contributed by atoms with van der Waals surface area (Å²) in [5, 5.41) is 4.11. The molecule has 6 aliphatic carbocycles. The summed E-state index contributed by atoms with van der Waals surface area (Å²) in [5.74, 6) is 4.82. The zero-order chi connectivity index (χ0) is 29.4. The van der Waals surface area contributed by atoms with Crippen LogP contribution in [-0.2, 0) is 0 Å². The van der Waals surface area contributed by atoms with Crippen molar-refractivity contribution in [3.63, 3.8) is 0 Å². The molecule has 0 saturated heterocycles. The Kier molecular flexibility index (Phi) is 5.89. The van der Waals surface area contributed by atoms with Gasteiger partial charge < -0.3 is 0 Å². The lowest BCUT2D eigenvalue weighted by atomic mass is 9.62. The van der Waals surface area contributed by atoms with Gasteiger partial charge in [-0.2, -0.15) is 0 Å². The second kappa shape index (κ2) is 9.63. The monoisotopic (exact) mass is 648 g/mol. The van der Waals surface area contributed by atoms with E-state index in [1.165, 1.54) is 43.6 Å². The minimum Gasteiger partial charge on any atom is -0.237 e. The molecule has 12 rings (SSSR count). The number of rotatable bonds is 2. The highest BCUT2D eigenvalue weighted by Crippen LogP contribution is 2.61. The molecule has 220 valence electrons. The van der Waals surface area contributed by atoms with Crippen LogP contribution >= 0.6 is 47.0 Å². The lowest BCUT2D eigenvalue weighted by Crippen LogP contribution is -2.29. The van der Waals surface area contributed by atoms with Gasteiger partial charge in [-0.1, -0.05) is 99.0 Å². The van der Waals surface area contributed by atoms with Gasteiger partial charge in [0.1, 0.15) is 20.1 Å². The molecule has 2 aromatic heterocycles. The van der Waals surface area contributed by atoms with Crippen LogP contribution in [0, 0.1) is 23.7 Å². The van der Waals surface area contributed by atoms with Crippen molar-refractivity contribution in [2.45, 2.75) is 84.3 Å². The third kappa shape index (κ3) is 3.90. The van der Waals surface area contributed by atoms with Gasteiger partial charge in [-0.05, 0) is 83.0 Å². The van der Waals surface area contributed by atoms with E-state index in [4.69, 9.17) is 19.9 Å². The SMILES string of the molecule is CC(C)C1CC2C=CC1c1cc3nc4c(nc3cc12)SC(=C1Sc2nc3cc5c(cc3nc2S1)C1C=CC5CC1C(C)C)S4. The Bertz CT molecular complexity index is 1900. The van der Waals surface area contributed by atoms with Crippen LogP contribution in [0.15, 0.2) is 77.1 Å². The van der Waals surface area contributed by atoms with Gasteiger partial charge in [0.05, 0.1) is 30.5 Å². The van der Waals surface area contributed by atoms with Crippen molar-refractivity contribution in [1.29, 1.82) is 0 Å². The van der Waals surface area contributed by atoms with Crippen molar-refractivity contribution in [3.05, 3.63) is 79.3 Å². The predicted octanol–water partition coefficient (Wildman–Crippen LogP) is 10.6. The van der Waals surface area contributed by atoms with E-state index in [9.17, 15) is 0 Å². The summed E-state index contributed by atoms with van der Waals surface area (Å²) >= 11 is 7.05. The number of aromatic nitrogens is 4. The Labute approximate surface area is 274 Å². The molecule has 4 heterocycles. The molecule has 0 fully saturated rings. The van der Waals surface area contributed by atoms with Crippen molar-refractivity contribution in [3.8, 4) is 0 Å². The van der Waals surface area contributed by atoms with Crippen LogP contribution in [0.5, 0.6) is 0 Å². The maximum atomic E-state index is 5.18. The second-order valence-corrected chi connectivity index (χ2v) is 18.4. The molecule has 0 spiro atoms. The lowest BCUT2D eigenvalue weighted by Gasteiger charge is -2.42. The second-order valence-electron chi connectivity index (χ2n) is 13.9. The van der Waals surface area contributed by atoms with Crippen LogP contribution in [0.4, 0.5) is 0 Å². The molecule has 2 aromatic carbocycles. The Hall–Kier alpha value is -2.26. The van der Waals surface area contributed by atoms with Crippen LogP contribution in [0.2, 0.25) is 0 Å². The first-order valence-corrected chi connectivity index (χ1v) is 19.2. The number of hydrogen-bond acceptors (Lipinski definition) is 8. The van der Waals surface area contributed by atoms with E-state index in [0.29, 0.717) is 47.3 Å². The molecule has 8 aliphatic rings. The first kappa shape index (κ1) is 26.9. The third-order valence-corrected chi connectivity index (χ3v) is 16.1. The molecule has 44 heavy (non-hydrogen) atoms. The fourth-order valence-corrected chi connectivity index (χ4v) is 13.5. The van der Waals surface area contributed by atoms with E-state index < -0.39 is 0 Å². The minimum absolute atomic E-state index is 0.503. The topological polar surface area (TPSA) is 51.6 Å². The number of nitrogens with zero attached hydrogens (tertiary/aromatic N) is 4. The van der Waals surface area contributed by atoms with Crippen molar-refractivity contribution in [2.24, 2.45) is 23.7 Å². The fraction of sp³-hybridized carbons (Fsp3) is 0.389. The van der Waals surface area contributed by atoms with Gasteiger partial charge in [-0.3, -0.25) is 0 Å². The number of thioether (sulfide) groups is 4. The first-order chi connectivity index (χ1) is 21.4. The van der Waals surface area contributed by atoms with E-state index in [1.54, 1.807) is 47.0 Å². The maximum Gasteiger partial charge on any atom is 0.135 e. The fourth-order valence-electron chi connectivity index (χ4n) is 8.58. The summed E-state index contributed by atoms with van der Waals surface area (Å²) < 4.78 is 2.50. The lowest BCUT2D eigenvalue weighted by molar-refractivity contribution is 0.287. The van der Waals surface area contributed by atoms with E-state index in [0.717, 1.165) is 42.2 Å². The molecular formula is C36H32N4S4. The minimum atomic E-state index is 0.503. The molecule has 2 aliphatic heterocycles. The Morgan fingerprint density at radius 3 is 1.18 bits per heavy atom. The van der Waals surface area contributed by atoms with Crippen molar-refractivity contribution < 1.29 is 0 Å².